The van der Waals surface area contributed by atoms with Gasteiger partial charge in [-0.3, -0.25) is 4.79 Å². The smallest absolute Gasteiger partial charge is 0.249 e. The third-order valence-corrected chi connectivity index (χ3v) is 15.0. The van der Waals surface area contributed by atoms with Crippen molar-refractivity contribution in [1.29, 1.82) is 0 Å². The Morgan fingerprint density at radius 2 is 0.625 bits per heavy atom. The van der Waals surface area contributed by atoms with Crippen LogP contribution in [0.5, 0.6) is 0 Å². The van der Waals surface area contributed by atoms with Crippen molar-refractivity contribution in [2.45, 2.75) is 359 Å². The Morgan fingerprint density at radius 1 is 0.347 bits per heavy atom. The Balaban J connectivity index is 3.58. The van der Waals surface area contributed by atoms with Crippen LogP contribution in [0.1, 0.15) is 335 Å². The van der Waals surface area contributed by atoms with E-state index in [4.69, 9.17) is 0 Å². The fraction of sp³-hybridized carbons (Fsp3) is 0.864. The highest BCUT2D eigenvalue weighted by molar-refractivity contribution is 5.80. The van der Waals surface area contributed by atoms with Gasteiger partial charge in [-0.1, -0.05) is 300 Å². The molecule has 6 nitrogen and oxygen atoms in total. The van der Waals surface area contributed by atoms with Crippen LogP contribution in [-0.2, 0) is 4.79 Å². The van der Waals surface area contributed by atoms with E-state index in [0.29, 0.717) is 19.3 Å². The summed E-state index contributed by atoms with van der Waals surface area (Å²) in [7, 11) is 0. The molecule has 0 aromatic heterocycles. The summed E-state index contributed by atoms with van der Waals surface area (Å²) in [6, 6.07) is -1.01. The maximum Gasteiger partial charge on any atom is 0.249 e. The van der Waals surface area contributed by atoms with Gasteiger partial charge in [0.25, 0.3) is 0 Å². The number of nitrogens with one attached hydrogen (secondary N) is 1. The van der Waals surface area contributed by atoms with E-state index in [-0.39, 0.29) is 0 Å². The van der Waals surface area contributed by atoms with Crippen LogP contribution >= 0.6 is 0 Å². The van der Waals surface area contributed by atoms with Crippen LogP contribution in [0.15, 0.2) is 48.6 Å². The molecule has 0 aromatic carbocycles. The van der Waals surface area contributed by atoms with Gasteiger partial charge in [0.2, 0.25) is 5.91 Å². The summed E-state index contributed by atoms with van der Waals surface area (Å²) >= 11 is 0. The molecule has 72 heavy (non-hydrogen) atoms. The minimum atomic E-state index is -1.29. The van der Waals surface area contributed by atoms with Crippen molar-refractivity contribution >= 4 is 5.91 Å². The topological polar surface area (TPSA) is 110 Å². The van der Waals surface area contributed by atoms with Crippen molar-refractivity contribution in [3.05, 3.63) is 48.6 Å². The maximum atomic E-state index is 12.6. The lowest BCUT2D eigenvalue weighted by molar-refractivity contribution is -0.132. The van der Waals surface area contributed by atoms with E-state index in [9.17, 15) is 25.2 Å². The highest BCUT2D eigenvalue weighted by Gasteiger charge is 2.28. The standard InChI is InChI=1S/C66H125NO5/c1-3-5-7-9-11-13-15-17-19-21-23-24-25-26-27-28-29-30-31-32-33-34-35-36-37-38-39-40-41-42-44-46-48-50-52-54-56-58-60-64(70)66(72)67-62(61-68)65(71)63(69)59-57-55-53-51-49-47-45-43-22-20-18-16-14-12-10-8-6-4-2/h29-30,32-33,43,45,51,53,62-65,68-71H,3-28,31,34-42,44,46-50,52,54-61H2,1-2H3,(H,67,72)/b30-29-,33-32-,45-43+,53-51+. The molecule has 1 amide bonds. The zero-order valence-electron chi connectivity index (χ0n) is 48.2. The number of hydrogen-bond donors (Lipinski definition) is 5. The monoisotopic (exact) mass is 1010 g/mol. The Labute approximate surface area is 449 Å². The summed E-state index contributed by atoms with van der Waals surface area (Å²) in [5.74, 6) is -0.595. The Morgan fingerprint density at radius 3 is 0.958 bits per heavy atom. The second kappa shape index (κ2) is 60.1. The lowest BCUT2D eigenvalue weighted by atomic mass is 10.00. The highest BCUT2D eigenvalue weighted by atomic mass is 16.3. The highest BCUT2D eigenvalue weighted by Crippen LogP contribution is 2.18. The lowest BCUT2D eigenvalue weighted by Crippen LogP contribution is -2.53. The molecule has 0 aliphatic heterocycles. The summed E-state index contributed by atoms with van der Waals surface area (Å²) in [5.41, 5.74) is 0. The number of carbonyl (C=O) groups is 1. The number of amides is 1. The van der Waals surface area contributed by atoms with Gasteiger partial charge in [-0.2, -0.15) is 0 Å². The minimum Gasteiger partial charge on any atom is -0.394 e. The number of allylic oxidation sites excluding steroid dienone is 8. The molecule has 6 heteroatoms. The summed E-state index contributed by atoms with van der Waals surface area (Å²) in [4.78, 5) is 12.6. The first kappa shape index (κ1) is 70.3. The maximum absolute atomic E-state index is 12.6. The van der Waals surface area contributed by atoms with E-state index in [1.165, 1.54) is 257 Å². The quantitative estimate of drug-likeness (QED) is 0.0308. The van der Waals surface area contributed by atoms with Gasteiger partial charge in [0.05, 0.1) is 18.8 Å². The third kappa shape index (κ3) is 53.1. The Hall–Kier alpha value is -1.73. The molecule has 0 aliphatic rings. The van der Waals surface area contributed by atoms with Gasteiger partial charge < -0.3 is 25.7 Å². The number of rotatable bonds is 59. The first-order valence-electron chi connectivity index (χ1n) is 32.0. The normalized spacial score (nSPS) is 13.9. The second-order valence-corrected chi connectivity index (χ2v) is 22.1. The van der Waals surface area contributed by atoms with Gasteiger partial charge in [0, 0.05) is 0 Å². The van der Waals surface area contributed by atoms with Crippen molar-refractivity contribution in [1.82, 2.24) is 5.32 Å². The predicted molar refractivity (Wildman–Crippen MR) is 316 cm³/mol. The van der Waals surface area contributed by atoms with Crippen LogP contribution in [0.25, 0.3) is 0 Å². The number of aliphatic hydroxyl groups is 4. The molecule has 0 bridgehead atoms. The van der Waals surface area contributed by atoms with E-state index >= 15 is 0 Å². The summed E-state index contributed by atoms with van der Waals surface area (Å²) < 4.78 is 0. The molecule has 0 rings (SSSR count). The van der Waals surface area contributed by atoms with Crippen LogP contribution in [0.4, 0.5) is 0 Å². The third-order valence-electron chi connectivity index (χ3n) is 15.0. The average Bonchev–Trinajstić information content (AvgIpc) is 3.39. The van der Waals surface area contributed by atoms with Gasteiger partial charge in [-0.25, -0.2) is 0 Å². The molecule has 0 spiro atoms. The molecular weight excluding hydrogens is 887 g/mol. The molecule has 0 radical (unpaired) electrons. The molecule has 4 atom stereocenters. The van der Waals surface area contributed by atoms with E-state index < -0.39 is 36.9 Å². The zero-order valence-corrected chi connectivity index (χ0v) is 48.2. The molecule has 0 aliphatic carbocycles. The molecule has 0 saturated heterocycles. The van der Waals surface area contributed by atoms with Crippen LogP contribution in [0.2, 0.25) is 0 Å². The van der Waals surface area contributed by atoms with E-state index in [0.717, 1.165) is 44.9 Å². The molecule has 5 N–H and O–H groups in total. The van der Waals surface area contributed by atoms with Crippen molar-refractivity contribution in [2.75, 3.05) is 6.61 Å². The van der Waals surface area contributed by atoms with Crippen LogP contribution in [0.3, 0.4) is 0 Å². The van der Waals surface area contributed by atoms with Gasteiger partial charge in [-0.05, 0) is 83.5 Å². The molecule has 0 fully saturated rings. The minimum absolute atomic E-state index is 0.360. The molecule has 0 aromatic rings. The van der Waals surface area contributed by atoms with E-state index in [1.54, 1.807) is 0 Å². The Kier molecular flexibility index (Phi) is 58.7. The van der Waals surface area contributed by atoms with Crippen molar-refractivity contribution in [2.24, 2.45) is 0 Å². The van der Waals surface area contributed by atoms with Gasteiger partial charge in [0.1, 0.15) is 12.2 Å². The first-order valence-corrected chi connectivity index (χ1v) is 32.0. The summed E-state index contributed by atoms with van der Waals surface area (Å²) in [6.07, 6.45) is 77.9. The molecule has 4 unspecified atom stereocenters. The fourth-order valence-electron chi connectivity index (χ4n) is 9.98. The molecule has 0 heterocycles. The fourth-order valence-corrected chi connectivity index (χ4v) is 9.98. The van der Waals surface area contributed by atoms with Crippen molar-refractivity contribution in [3.63, 3.8) is 0 Å². The van der Waals surface area contributed by atoms with E-state index in [1.807, 2.05) is 0 Å². The number of unbranched alkanes of at least 4 members (excludes halogenated alkanes) is 42. The van der Waals surface area contributed by atoms with Gasteiger partial charge in [0.15, 0.2) is 0 Å². The zero-order chi connectivity index (χ0) is 52.3. The summed E-state index contributed by atoms with van der Waals surface area (Å²) in [5, 5.41) is 44.0. The number of aliphatic hydroxyl groups excluding tert-OH is 4. The molecule has 0 saturated carbocycles. The number of hydrogen-bond acceptors (Lipinski definition) is 5. The van der Waals surface area contributed by atoms with Crippen LogP contribution in [-0.4, -0.2) is 57.3 Å². The largest absolute Gasteiger partial charge is 0.394 e. The first-order chi connectivity index (χ1) is 35.5. The van der Waals surface area contributed by atoms with E-state index in [2.05, 4.69) is 67.8 Å². The van der Waals surface area contributed by atoms with Crippen molar-refractivity contribution in [3.8, 4) is 0 Å². The summed E-state index contributed by atoms with van der Waals surface area (Å²) in [6.45, 7) is 4.07. The lowest BCUT2D eigenvalue weighted by Gasteiger charge is -2.27. The average molecular weight is 1010 g/mol. The second-order valence-electron chi connectivity index (χ2n) is 22.1. The van der Waals surface area contributed by atoms with Gasteiger partial charge >= 0.3 is 0 Å². The van der Waals surface area contributed by atoms with Crippen LogP contribution < -0.4 is 5.32 Å². The van der Waals surface area contributed by atoms with Gasteiger partial charge in [-0.15, -0.1) is 0 Å². The SMILES string of the molecule is CCCCCCCCCCC/C=C/CC/C=C/CCCC(O)C(O)C(CO)NC(=O)C(O)CCCCCCCCCCCCCCCCCC/C=C\C/C=C\CCCCCCCCCCCCCCCCC. The molecule has 424 valence electrons. The number of carbonyl (C=O) groups excluding carboxylic acids is 1. The molecular formula is C66H125NO5. The van der Waals surface area contributed by atoms with Crippen LogP contribution in [0, 0.1) is 0 Å². The van der Waals surface area contributed by atoms with Crippen molar-refractivity contribution < 1.29 is 25.2 Å². The predicted octanol–water partition coefficient (Wildman–Crippen LogP) is 19.3. The Bertz CT molecular complexity index is 1180.